The Morgan fingerprint density at radius 1 is 0.967 bits per heavy atom. The van der Waals surface area contributed by atoms with Crippen LogP contribution in [0.15, 0.2) is 48.5 Å². The van der Waals surface area contributed by atoms with Crippen LogP contribution in [0.1, 0.15) is 37.8 Å². The lowest BCUT2D eigenvalue weighted by Crippen LogP contribution is -2.52. The molecule has 2 aromatic rings. The minimum Gasteiger partial charge on any atom is -0.369 e. The van der Waals surface area contributed by atoms with Crippen LogP contribution in [0.5, 0.6) is 0 Å². The second kappa shape index (κ2) is 9.08. The van der Waals surface area contributed by atoms with Crippen molar-refractivity contribution in [3.63, 3.8) is 0 Å². The Labute approximate surface area is 175 Å². The van der Waals surface area contributed by atoms with Crippen molar-refractivity contribution in [2.24, 2.45) is 0 Å². The van der Waals surface area contributed by atoms with Gasteiger partial charge in [-0.3, -0.25) is 9.69 Å². The third-order valence-electron chi connectivity index (χ3n) is 5.62. The van der Waals surface area contributed by atoms with Gasteiger partial charge in [0.25, 0.3) is 0 Å². The van der Waals surface area contributed by atoms with Gasteiger partial charge < -0.3 is 10.2 Å². The molecule has 0 saturated carbocycles. The molecule has 2 aromatic carbocycles. The summed E-state index contributed by atoms with van der Waals surface area (Å²) in [6.45, 7) is 8.40. The van der Waals surface area contributed by atoms with Crippen LogP contribution in [0, 0.1) is 0 Å². The quantitative estimate of drug-likeness (QED) is 0.743. The first kappa shape index (κ1) is 22.2. The number of nitrogens with one attached hydrogen (secondary N) is 1. The average molecular weight is 419 g/mol. The Morgan fingerprint density at radius 2 is 1.63 bits per heavy atom. The average Bonchev–Trinajstić information content (AvgIpc) is 2.73. The fraction of sp³-hybridized carbons (Fsp3) is 0.435. The predicted molar refractivity (Wildman–Crippen MR) is 114 cm³/mol. The van der Waals surface area contributed by atoms with Gasteiger partial charge in [-0.2, -0.15) is 13.2 Å². The molecular weight excluding hydrogens is 391 g/mol. The van der Waals surface area contributed by atoms with E-state index in [4.69, 9.17) is 0 Å². The van der Waals surface area contributed by atoms with Gasteiger partial charge in [-0.1, -0.05) is 38.1 Å². The van der Waals surface area contributed by atoms with Gasteiger partial charge in [0.2, 0.25) is 5.91 Å². The molecule has 0 unspecified atom stereocenters. The number of piperazine rings is 1. The molecule has 30 heavy (non-hydrogen) atoms. The maximum Gasteiger partial charge on any atom is 0.416 e. The third kappa shape index (κ3) is 5.14. The Bertz CT molecular complexity index is 874. The van der Waals surface area contributed by atoms with Crippen molar-refractivity contribution < 1.29 is 18.0 Å². The van der Waals surface area contributed by atoms with E-state index < -0.39 is 11.7 Å². The number of para-hydroxylation sites is 1. The number of alkyl halides is 3. The SMILES string of the molecule is CC(C)c1ccccc1NC(=O)[C@H](C)N1CCN(c2cccc(C(F)(F)F)c2)CC1. The Balaban J connectivity index is 1.60. The van der Waals surface area contributed by atoms with Crippen molar-refractivity contribution in [2.75, 3.05) is 36.4 Å². The highest BCUT2D eigenvalue weighted by Crippen LogP contribution is 2.32. The lowest BCUT2D eigenvalue weighted by atomic mass is 10.0. The van der Waals surface area contributed by atoms with E-state index in [0.29, 0.717) is 37.8 Å². The molecule has 1 saturated heterocycles. The number of amides is 1. The zero-order valence-electron chi connectivity index (χ0n) is 17.5. The number of nitrogens with zero attached hydrogens (tertiary/aromatic N) is 2. The minimum atomic E-state index is -4.35. The number of anilines is 2. The van der Waals surface area contributed by atoms with Crippen LogP contribution in [0.25, 0.3) is 0 Å². The molecular formula is C23H28F3N3O. The van der Waals surface area contributed by atoms with Crippen LogP contribution >= 0.6 is 0 Å². The van der Waals surface area contributed by atoms with Crippen LogP contribution in [0.3, 0.4) is 0 Å². The molecule has 3 rings (SSSR count). The van der Waals surface area contributed by atoms with Gasteiger partial charge >= 0.3 is 6.18 Å². The first-order chi connectivity index (χ1) is 14.2. The molecule has 1 N–H and O–H groups in total. The van der Waals surface area contributed by atoms with E-state index >= 15 is 0 Å². The maximum atomic E-state index is 13.0. The molecule has 0 radical (unpaired) electrons. The summed E-state index contributed by atoms with van der Waals surface area (Å²) in [7, 11) is 0. The second-order valence-corrected chi connectivity index (χ2v) is 7.98. The molecule has 0 aromatic heterocycles. The standard InChI is InChI=1S/C23H28F3N3O/c1-16(2)20-9-4-5-10-21(20)27-22(30)17(3)28-11-13-29(14-12-28)19-8-6-7-18(15-19)23(24,25)26/h4-10,15-17H,11-14H2,1-3H3,(H,27,30)/t17-/m0/s1. The van der Waals surface area contributed by atoms with E-state index in [1.54, 1.807) is 6.07 Å². The number of carbonyl (C=O) groups is 1. The largest absolute Gasteiger partial charge is 0.416 e. The predicted octanol–water partition coefficient (Wildman–Crippen LogP) is 4.98. The lowest BCUT2D eigenvalue weighted by Gasteiger charge is -2.38. The maximum absolute atomic E-state index is 13.0. The van der Waals surface area contributed by atoms with Gasteiger partial charge in [0.1, 0.15) is 0 Å². The molecule has 1 amide bonds. The molecule has 1 atom stereocenters. The summed E-state index contributed by atoms with van der Waals surface area (Å²) < 4.78 is 38.9. The van der Waals surface area contributed by atoms with E-state index in [1.165, 1.54) is 12.1 Å². The molecule has 0 bridgehead atoms. The number of hydrogen-bond donors (Lipinski definition) is 1. The van der Waals surface area contributed by atoms with Gasteiger partial charge in [-0.05, 0) is 42.7 Å². The molecule has 1 aliphatic rings. The van der Waals surface area contributed by atoms with Crippen LogP contribution in [-0.2, 0) is 11.0 Å². The molecule has 7 heteroatoms. The van der Waals surface area contributed by atoms with Crippen molar-refractivity contribution in [1.29, 1.82) is 0 Å². The first-order valence-electron chi connectivity index (χ1n) is 10.2. The molecule has 1 aliphatic heterocycles. The van der Waals surface area contributed by atoms with E-state index in [0.717, 1.165) is 17.3 Å². The van der Waals surface area contributed by atoms with Crippen LogP contribution in [-0.4, -0.2) is 43.0 Å². The highest BCUT2D eigenvalue weighted by molar-refractivity contribution is 5.95. The van der Waals surface area contributed by atoms with Crippen LogP contribution < -0.4 is 10.2 Å². The summed E-state index contributed by atoms with van der Waals surface area (Å²) in [5.41, 5.74) is 1.84. The number of rotatable bonds is 5. The summed E-state index contributed by atoms with van der Waals surface area (Å²) in [5.74, 6) is 0.225. The van der Waals surface area contributed by atoms with Crippen molar-refractivity contribution in [3.05, 3.63) is 59.7 Å². The Hall–Kier alpha value is -2.54. The van der Waals surface area contributed by atoms with Gasteiger partial charge in [-0.25, -0.2) is 0 Å². The third-order valence-corrected chi connectivity index (χ3v) is 5.62. The van der Waals surface area contributed by atoms with Crippen molar-refractivity contribution in [3.8, 4) is 0 Å². The fourth-order valence-electron chi connectivity index (χ4n) is 3.76. The molecule has 4 nitrogen and oxygen atoms in total. The van der Waals surface area contributed by atoms with Crippen molar-refractivity contribution in [1.82, 2.24) is 4.90 Å². The van der Waals surface area contributed by atoms with Crippen molar-refractivity contribution in [2.45, 2.75) is 38.9 Å². The van der Waals surface area contributed by atoms with Gasteiger partial charge in [0, 0.05) is 37.6 Å². The first-order valence-corrected chi connectivity index (χ1v) is 10.2. The monoisotopic (exact) mass is 419 g/mol. The Kier molecular flexibility index (Phi) is 6.71. The lowest BCUT2D eigenvalue weighted by molar-refractivity contribution is -0.137. The molecule has 1 fully saturated rings. The smallest absolute Gasteiger partial charge is 0.369 e. The van der Waals surface area contributed by atoms with E-state index in [-0.39, 0.29) is 11.9 Å². The number of halogens is 3. The Morgan fingerprint density at radius 3 is 2.27 bits per heavy atom. The zero-order valence-corrected chi connectivity index (χ0v) is 17.5. The van der Waals surface area contributed by atoms with E-state index in [2.05, 4.69) is 24.1 Å². The molecule has 1 heterocycles. The fourth-order valence-corrected chi connectivity index (χ4v) is 3.76. The van der Waals surface area contributed by atoms with Gasteiger partial charge in [0.05, 0.1) is 11.6 Å². The topological polar surface area (TPSA) is 35.6 Å². The second-order valence-electron chi connectivity index (χ2n) is 7.98. The van der Waals surface area contributed by atoms with Gasteiger partial charge in [0.15, 0.2) is 0 Å². The molecule has 0 aliphatic carbocycles. The summed E-state index contributed by atoms with van der Waals surface area (Å²) in [6, 6.07) is 12.9. The van der Waals surface area contributed by atoms with Crippen molar-refractivity contribution >= 4 is 17.3 Å². The summed E-state index contributed by atoms with van der Waals surface area (Å²) in [5, 5.41) is 3.04. The summed E-state index contributed by atoms with van der Waals surface area (Å²) in [4.78, 5) is 16.8. The van der Waals surface area contributed by atoms with E-state index in [9.17, 15) is 18.0 Å². The summed E-state index contributed by atoms with van der Waals surface area (Å²) >= 11 is 0. The highest BCUT2D eigenvalue weighted by atomic mass is 19.4. The van der Waals surface area contributed by atoms with Gasteiger partial charge in [-0.15, -0.1) is 0 Å². The highest BCUT2D eigenvalue weighted by Gasteiger charge is 2.31. The van der Waals surface area contributed by atoms with E-state index in [1.807, 2.05) is 36.1 Å². The van der Waals surface area contributed by atoms with Crippen LogP contribution in [0.2, 0.25) is 0 Å². The number of hydrogen-bond acceptors (Lipinski definition) is 3. The van der Waals surface area contributed by atoms with Crippen LogP contribution in [0.4, 0.5) is 24.5 Å². The summed E-state index contributed by atoms with van der Waals surface area (Å²) in [6.07, 6.45) is -4.35. The molecule has 162 valence electrons. The normalized spacial score (nSPS) is 16.6. The number of benzene rings is 2. The molecule has 0 spiro atoms. The number of carbonyl (C=O) groups excluding carboxylic acids is 1. The minimum absolute atomic E-state index is 0.0735. The zero-order chi connectivity index (χ0) is 21.9.